The van der Waals surface area contributed by atoms with Gasteiger partial charge in [-0.05, 0) is 31.2 Å². The molecule has 2 aromatic rings. The number of nitro groups is 1. The first-order valence-electron chi connectivity index (χ1n) is 8.36. The number of rotatable bonds is 7. The fourth-order valence-corrected chi connectivity index (χ4v) is 2.37. The second-order valence-corrected chi connectivity index (χ2v) is 5.94. The summed E-state index contributed by atoms with van der Waals surface area (Å²) in [5.41, 5.74) is 1.06. The highest BCUT2D eigenvalue weighted by molar-refractivity contribution is 5.95. The number of esters is 1. The van der Waals surface area contributed by atoms with E-state index in [0.717, 1.165) is 0 Å². The number of para-hydroxylation sites is 1. The van der Waals surface area contributed by atoms with Crippen molar-refractivity contribution in [3.8, 4) is 0 Å². The Kier molecular flexibility index (Phi) is 6.80. The Labute approximate surface area is 160 Å². The van der Waals surface area contributed by atoms with E-state index in [1.54, 1.807) is 30.3 Å². The zero-order valence-corrected chi connectivity index (χ0v) is 15.3. The van der Waals surface area contributed by atoms with Crippen molar-refractivity contribution in [3.63, 3.8) is 0 Å². The van der Waals surface area contributed by atoms with E-state index in [4.69, 9.17) is 4.74 Å². The van der Waals surface area contributed by atoms with Gasteiger partial charge in [-0.25, -0.2) is 0 Å². The molecule has 2 aromatic carbocycles. The molecule has 9 heteroatoms. The van der Waals surface area contributed by atoms with Crippen LogP contribution >= 0.6 is 0 Å². The number of nitrogens with zero attached hydrogens (tertiary/aromatic N) is 1. The first-order valence-corrected chi connectivity index (χ1v) is 8.36. The molecule has 0 aliphatic rings. The lowest BCUT2D eigenvalue weighted by Crippen LogP contribution is -2.30. The molecule has 0 aliphatic carbocycles. The monoisotopic (exact) mass is 385 g/mol. The maximum absolute atomic E-state index is 12.2. The Morgan fingerprint density at radius 2 is 1.61 bits per heavy atom. The van der Waals surface area contributed by atoms with Gasteiger partial charge in [0.1, 0.15) is 0 Å². The number of hydrogen-bond acceptors (Lipinski definition) is 6. The summed E-state index contributed by atoms with van der Waals surface area (Å²) in [5, 5.41) is 16.2. The van der Waals surface area contributed by atoms with Crippen molar-refractivity contribution < 1.29 is 24.0 Å². The third-order valence-electron chi connectivity index (χ3n) is 3.67. The van der Waals surface area contributed by atoms with Crippen LogP contribution in [0.2, 0.25) is 0 Å². The Balaban J connectivity index is 1.92. The van der Waals surface area contributed by atoms with E-state index >= 15 is 0 Å². The average molecular weight is 385 g/mol. The van der Waals surface area contributed by atoms with Crippen LogP contribution in [-0.2, 0) is 25.5 Å². The SMILES string of the molecule is CC(=O)Nc1ccc(NC(=O)[C@@H](C)OC(=O)Cc2ccccc2[N+](=O)[O-])cc1. The zero-order chi connectivity index (χ0) is 20.7. The third kappa shape index (κ3) is 5.90. The largest absolute Gasteiger partial charge is 0.452 e. The molecule has 2 amide bonds. The highest BCUT2D eigenvalue weighted by atomic mass is 16.6. The zero-order valence-electron chi connectivity index (χ0n) is 15.3. The molecule has 2 rings (SSSR count). The minimum atomic E-state index is -1.09. The number of hydrogen-bond donors (Lipinski definition) is 2. The Morgan fingerprint density at radius 1 is 1.04 bits per heavy atom. The van der Waals surface area contributed by atoms with Crippen LogP contribution in [0.5, 0.6) is 0 Å². The van der Waals surface area contributed by atoms with Gasteiger partial charge in [-0.1, -0.05) is 18.2 Å². The van der Waals surface area contributed by atoms with Gasteiger partial charge in [-0.2, -0.15) is 0 Å². The maximum Gasteiger partial charge on any atom is 0.311 e. The summed E-state index contributed by atoms with van der Waals surface area (Å²) in [5.74, 6) is -1.52. The van der Waals surface area contributed by atoms with Crippen LogP contribution in [-0.4, -0.2) is 28.8 Å². The van der Waals surface area contributed by atoms with Crippen molar-refractivity contribution in [2.45, 2.75) is 26.4 Å². The first kappa shape index (κ1) is 20.6. The van der Waals surface area contributed by atoms with Crippen molar-refractivity contribution >= 4 is 34.8 Å². The van der Waals surface area contributed by atoms with E-state index in [-0.39, 0.29) is 23.6 Å². The van der Waals surface area contributed by atoms with Crippen LogP contribution in [0, 0.1) is 10.1 Å². The summed E-state index contributed by atoms with van der Waals surface area (Å²) >= 11 is 0. The normalized spacial score (nSPS) is 11.2. The summed E-state index contributed by atoms with van der Waals surface area (Å²) in [6, 6.07) is 12.2. The lowest BCUT2D eigenvalue weighted by Gasteiger charge is -2.14. The van der Waals surface area contributed by atoms with Crippen molar-refractivity contribution in [1.29, 1.82) is 0 Å². The van der Waals surface area contributed by atoms with Crippen LogP contribution in [0.4, 0.5) is 17.1 Å². The number of nitrogens with one attached hydrogen (secondary N) is 2. The van der Waals surface area contributed by atoms with Gasteiger partial charge in [0.25, 0.3) is 11.6 Å². The standard InChI is InChI=1S/C19H19N3O6/c1-12(19(25)21-16-9-7-15(8-10-16)20-13(2)23)28-18(24)11-14-5-3-4-6-17(14)22(26)27/h3-10,12H,11H2,1-2H3,(H,20,23)(H,21,25)/t12-/m1/s1. The second-order valence-electron chi connectivity index (χ2n) is 5.94. The van der Waals surface area contributed by atoms with Gasteiger partial charge in [0, 0.05) is 29.9 Å². The highest BCUT2D eigenvalue weighted by Gasteiger charge is 2.21. The van der Waals surface area contributed by atoms with Gasteiger partial charge < -0.3 is 15.4 Å². The quantitative estimate of drug-likeness (QED) is 0.428. The van der Waals surface area contributed by atoms with E-state index in [2.05, 4.69) is 10.6 Å². The first-order chi connectivity index (χ1) is 13.3. The summed E-state index contributed by atoms with van der Waals surface area (Å²) in [6.45, 7) is 2.79. The van der Waals surface area contributed by atoms with E-state index in [9.17, 15) is 24.5 Å². The number of carbonyl (C=O) groups excluding carboxylic acids is 3. The molecule has 0 saturated carbocycles. The van der Waals surface area contributed by atoms with E-state index in [1.165, 1.54) is 32.0 Å². The molecule has 0 aliphatic heterocycles. The lowest BCUT2D eigenvalue weighted by atomic mass is 10.1. The van der Waals surface area contributed by atoms with Crippen molar-refractivity contribution in [2.24, 2.45) is 0 Å². The number of ether oxygens (including phenoxy) is 1. The van der Waals surface area contributed by atoms with Gasteiger partial charge in [0.15, 0.2) is 6.10 Å². The molecule has 0 spiro atoms. The minimum Gasteiger partial charge on any atom is -0.452 e. The molecule has 0 saturated heterocycles. The number of amides is 2. The average Bonchev–Trinajstić information content (AvgIpc) is 2.63. The predicted octanol–water partition coefficient (Wildman–Crippen LogP) is 2.67. The summed E-state index contributed by atoms with van der Waals surface area (Å²) < 4.78 is 5.07. The Morgan fingerprint density at radius 3 is 2.18 bits per heavy atom. The van der Waals surface area contributed by atoms with Crippen LogP contribution in [0.3, 0.4) is 0 Å². The number of nitro benzene ring substituents is 1. The van der Waals surface area contributed by atoms with E-state index < -0.39 is 22.9 Å². The molecular weight excluding hydrogens is 366 g/mol. The van der Waals surface area contributed by atoms with Crippen LogP contribution in [0.1, 0.15) is 19.4 Å². The smallest absolute Gasteiger partial charge is 0.311 e. The Bertz CT molecular complexity index is 895. The number of anilines is 2. The second kappa shape index (κ2) is 9.26. The van der Waals surface area contributed by atoms with E-state index in [0.29, 0.717) is 11.4 Å². The highest BCUT2D eigenvalue weighted by Crippen LogP contribution is 2.19. The molecular formula is C19H19N3O6. The molecule has 0 fully saturated rings. The summed E-state index contributed by atoms with van der Waals surface area (Å²) in [6.07, 6.45) is -1.41. The molecule has 2 N–H and O–H groups in total. The van der Waals surface area contributed by atoms with Crippen LogP contribution < -0.4 is 10.6 Å². The lowest BCUT2D eigenvalue weighted by molar-refractivity contribution is -0.385. The van der Waals surface area contributed by atoms with E-state index in [1.807, 2.05) is 0 Å². The van der Waals surface area contributed by atoms with Gasteiger partial charge in [-0.15, -0.1) is 0 Å². The van der Waals surface area contributed by atoms with Crippen molar-refractivity contribution in [2.75, 3.05) is 10.6 Å². The summed E-state index contributed by atoms with van der Waals surface area (Å²) in [4.78, 5) is 45.6. The van der Waals surface area contributed by atoms with Gasteiger partial charge in [0.05, 0.1) is 11.3 Å². The Hall–Kier alpha value is -3.75. The molecule has 0 aromatic heterocycles. The van der Waals surface area contributed by atoms with Crippen molar-refractivity contribution in [1.82, 2.24) is 0 Å². The molecule has 0 radical (unpaired) electrons. The molecule has 0 heterocycles. The van der Waals surface area contributed by atoms with Crippen LogP contribution in [0.15, 0.2) is 48.5 Å². The van der Waals surface area contributed by atoms with Gasteiger partial charge in [-0.3, -0.25) is 24.5 Å². The topological polar surface area (TPSA) is 128 Å². The molecule has 146 valence electrons. The molecule has 0 bridgehead atoms. The van der Waals surface area contributed by atoms with Gasteiger partial charge in [0.2, 0.25) is 5.91 Å². The number of benzene rings is 2. The molecule has 28 heavy (non-hydrogen) atoms. The predicted molar refractivity (Wildman–Crippen MR) is 102 cm³/mol. The maximum atomic E-state index is 12.2. The van der Waals surface area contributed by atoms with Gasteiger partial charge >= 0.3 is 5.97 Å². The van der Waals surface area contributed by atoms with Crippen molar-refractivity contribution in [3.05, 3.63) is 64.2 Å². The third-order valence-corrected chi connectivity index (χ3v) is 3.67. The fraction of sp³-hybridized carbons (Fsp3) is 0.211. The number of carbonyl (C=O) groups is 3. The fourth-order valence-electron chi connectivity index (χ4n) is 2.37. The minimum absolute atomic E-state index is 0.184. The molecule has 0 unspecified atom stereocenters. The summed E-state index contributed by atoms with van der Waals surface area (Å²) in [7, 11) is 0. The molecule has 1 atom stereocenters. The molecule has 9 nitrogen and oxygen atoms in total. The van der Waals surface area contributed by atoms with Crippen LogP contribution in [0.25, 0.3) is 0 Å².